The first-order valence-electron chi connectivity index (χ1n) is 7.96. The summed E-state index contributed by atoms with van der Waals surface area (Å²) in [7, 11) is 0. The Bertz CT molecular complexity index is 691. The first-order valence-corrected chi connectivity index (χ1v) is 8.84. The van der Waals surface area contributed by atoms with Gasteiger partial charge in [-0.3, -0.25) is 9.78 Å². The van der Waals surface area contributed by atoms with Crippen molar-refractivity contribution in [1.82, 2.24) is 9.88 Å². The molecule has 1 saturated heterocycles. The van der Waals surface area contributed by atoms with E-state index in [2.05, 4.69) is 4.98 Å². The molecule has 0 atom stereocenters. The van der Waals surface area contributed by atoms with Crippen molar-refractivity contribution in [2.24, 2.45) is 0 Å². The number of likely N-dealkylation sites (tertiary alicyclic amines) is 1. The minimum Gasteiger partial charge on any atom is -0.489 e. The van der Waals surface area contributed by atoms with Gasteiger partial charge in [0.1, 0.15) is 11.9 Å². The number of aliphatic hydroxyl groups is 1. The number of carbonyl (C=O) groups is 1. The Kier molecular flexibility index (Phi) is 5.61. The maximum atomic E-state index is 12.3. The molecule has 3 rings (SSSR count). The Hall–Kier alpha value is -2.18. The third-order valence-electron chi connectivity index (χ3n) is 3.94. The lowest BCUT2D eigenvalue weighted by Crippen LogP contribution is -2.41. The van der Waals surface area contributed by atoms with E-state index < -0.39 is 0 Å². The molecule has 1 amide bonds. The molecule has 0 aliphatic carbocycles. The van der Waals surface area contributed by atoms with Crippen LogP contribution in [-0.4, -0.2) is 40.1 Å². The predicted molar refractivity (Wildman–Crippen MR) is 93.7 cm³/mol. The number of nitrogens with zero attached hydrogens (tertiary/aromatic N) is 2. The van der Waals surface area contributed by atoms with Crippen molar-refractivity contribution < 1.29 is 14.6 Å². The molecular weight excluding hydrogens is 324 g/mol. The van der Waals surface area contributed by atoms with Crippen LogP contribution in [-0.2, 0) is 11.4 Å². The van der Waals surface area contributed by atoms with E-state index >= 15 is 0 Å². The second-order valence-electron chi connectivity index (χ2n) is 5.68. The third kappa shape index (κ3) is 4.43. The van der Waals surface area contributed by atoms with Crippen molar-refractivity contribution in [3.05, 3.63) is 52.5 Å². The molecule has 1 aliphatic heterocycles. The summed E-state index contributed by atoms with van der Waals surface area (Å²) in [6, 6.07) is 5.64. The lowest BCUT2D eigenvalue weighted by molar-refractivity contribution is -0.127. The molecule has 6 heteroatoms. The molecule has 24 heavy (non-hydrogen) atoms. The van der Waals surface area contributed by atoms with Gasteiger partial charge >= 0.3 is 0 Å². The van der Waals surface area contributed by atoms with Crippen molar-refractivity contribution in [2.45, 2.75) is 25.6 Å². The fourth-order valence-corrected chi connectivity index (χ4v) is 3.42. The molecule has 0 spiro atoms. The average Bonchev–Trinajstić information content (AvgIpc) is 3.09. The number of aliphatic hydroxyl groups excluding tert-OH is 1. The van der Waals surface area contributed by atoms with E-state index in [0.29, 0.717) is 13.1 Å². The molecule has 5 nitrogen and oxygen atoms in total. The predicted octanol–water partition coefficient (Wildman–Crippen LogP) is 2.72. The number of hydrogen-bond donors (Lipinski definition) is 1. The van der Waals surface area contributed by atoms with Gasteiger partial charge in [0.05, 0.1) is 12.8 Å². The SMILES string of the molecule is O=C(C=Cc1cc(CO)cs1)N1CCC(Oc2cccnc2)CC1. The average molecular weight is 344 g/mol. The van der Waals surface area contributed by atoms with Gasteiger partial charge in [0.15, 0.2) is 0 Å². The number of ether oxygens (including phenoxy) is 1. The second kappa shape index (κ2) is 8.08. The number of rotatable bonds is 5. The Labute approximate surface area is 145 Å². The van der Waals surface area contributed by atoms with E-state index in [4.69, 9.17) is 9.84 Å². The van der Waals surface area contributed by atoms with Gasteiger partial charge in [-0.15, -0.1) is 11.3 Å². The Balaban J connectivity index is 1.48. The maximum Gasteiger partial charge on any atom is 0.246 e. The largest absolute Gasteiger partial charge is 0.489 e. The molecule has 2 aromatic rings. The Morgan fingerprint density at radius 1 is 1.46 bits per heavy atom. The second-order valence-corrected chi connectivity index (χ2v) is 6.62. The maximum absolute atomic E-state index is 12.3. The van der Waals surface area contributed by atoms with Gasteiger partial charge in [0, 0.05) is 43.1 Å². The lowest BCUT2D eigenvalue weighted by atomic mass is 10.1. The highest BCUT2D eigenvalue weighted by molar-refractivity contribution is 7.11. The van der Waals surface area contributed by atoms with E-state index in [-0.39, 0.29) is 18.6 Å². The van der Waals surface area contributed by atoms with Gasteiger partial charge in [-0.25, -0.2) is 0 Å². The summed E-state index contributed by atoms with van der Waals surface area (Å²) in [6.45, 7) is 1.42. The zero-order valence-corrected chi connectivity index (χ0v) is 14.1. The van der Waals surface area contributed by atoms with Crippen LogP contribution in [0.2, 0.25) is 0 Å². The number of aromatic nitrogens is 1. The number of pyridine rings is 1. The van der Waals surface area contributed by atoms with Crippen LogP contribution in [0.4, 0.5) is 0 Å². The summed E-state index contributed by atoms with van der Waals surface area (Å²) in [4.78, 5) is 19.1. The minimum absolute atomic E-state index is 0.0220. The lowest BCUT2D eigenvalue weighted by Gasteiger charge is -2.31. The number of piperidine rings is 1. The quantitative estimate of drug-likeness (QED) is 0.847. The summed E-state index contributed by atoms with van der Waals surface area (Å²) in [5.41, 5.74) is 0.875. The summed E-state index contributed by atoms with van der Waals surface area (Å²) in [6.07, 6.45) is 8.62. The molecule has 2 aromatic heterocycles. The third-order valence-corrected chi connectivity index (χ3v) is 4.88. The first kappa shape index (κ1) is 16.7. The molecule has 1 fully saturated rings. The highest BCUT2D eigenvalue weighted by Crippen LogP contribution is 2.19. The Morgan fingerprint density at radius 2 is 2.29 bits per heavy atom. The van der Waals surface area contributed by atoms with E-state index in [1.807, 2.05) is 34.6 Å². The molecule has 0 unspecified atom stereocenters. The standard InChI is InChI=1S/C18H20N2O3S/c21-12-14-10-17(24-13-14)3-4-18(22)20-8-5-15(6-9-20)23-16-2-1-7-19-11-16/h1-4,7,10-11,13,15,21H,5-6,8-9,12H2. The van der Waals surface area contributed by atoms with E-state index in [9.17, 15) is 4.79 Å². The zero-order valence-electron chi connectivity index (χ0n) is 13.3. The molecular formula is C18H20N2O3S. The van der Waals surface area contributed by atoms with Crippen molar-refractivity contribution in [1.29, 1.82) is 0 Å². The molecule has 0 radical (unpaired) electrons. The molecule has 126 valence electrons. The van der Waals surface area contributed by atoms with Crippen LogP contribution in [0, 0.1) is 0 Å². The summed E-state index contributed by atoms with van der Waals surface area (Å²) >= 11 is 1.52. The minimum atomic E-state index is 0.0220. The van der Waals surface area contributed by atoms with Gasteiger partial charge in [-0.2, -0.15) is 0 Å². The van der Waals surface area contributed by atoms with E-state index in [1.54, 1.807) is 18.5 Å². The summed E-state index contributed by atoms with van der Waals surface area (Å²) in [5.74, 6) is 0.799. The normalized spacial score (nSPS) is 15.8. The van der Waals surface area contributed by atoms with Crippen molar-refractivity contribution >= 4 is 23.3 Å². The van der Waals surface area contributed by atoms with Crippen LogP contribution in [0.25, 0.3) is 6.08 Å². The van der Waals surface area contributed by atoms with Crippen LogP contribution in [0.5, 0.6) is 5.75 Å². The van der Waals surface area contributed by atoms with E-state index in [0.717, 1.165) is 29.0 Å². The van der Waals surface area contributed by atoms with Gasteiger partial charge in [0.25, 0.3) is 0 Å². The summed E-state index contributed by atoms with van der Waals surface area (Å²) < 4.78 is 5.89. The van der Waals surface area contributed by atoms with Crippen LogP contribution in [0.15, 0.2) is 42.0 Å². The number of amides is 1. The van der Waals surface area contributed by atoms with Crippen molar-refractivity contribution in [2.75, 3.05) is 13.1 Å². The topological polar surface area (TPSA) is 62.7 Å². The molecule has 0 saturated carbocycles. The smallest absolute Gasteiger partial charge is 0.246 e. The fraction of sp³-hybridized carbons (Fsp3) is 0.333. The summed E-state index contributed by atoms with van der Waals surface area (Å²) in [5, 5.41) is 10.9. The van der Waals surface area contributed by atoms with Crippen LogP contribution in [0.3, 0.4) is 0 Å². The molecule has 3 heterocycles. The fourth-order valence-electron chi connectivity index (χ4n) is 2.63. The van der Waals surface area contributed by atoms with Crippen molar-refractivity contribution in [3.8, 4) is 5.75 Å². The zero-order chi connectivity index (χ0) is 16.8. The molecule has 0 aromatic carbocycles. The number of thiophene rings is 1. The molecule has 1 N–H and O–H groups in total. The van der Waals surface area contributed by atoms with Crippen LogP contribution >= 0.6 is 11.3 Å². The van der Waals surface area contributed by atoms with Gasteiger partial charge in [-0.05, 0) is 35.2 Å². The van der Waals surface area contributed by atoms with Gasteiger partial charge < -0.3 is 14.7 Å². The number of carbonyl (C=O) groups excluding carboxylic acids is 1. The molecule has 0 bridgehead atoms. The van der Waals surface area contributed by atoms with E-state index in [1.165, 1.54) is 11.3 Å². The highest BCUT2D eigenvalue weighted by Gasteiger charge is 2.22. The van der Waals surface area contributed by atoms with Crippen LogP contribution in [0.1, 0.15) is 23.3 Å². The van der Waals surface area contributed by atoms with Crippen LogP contribution < -0.4 is 4.74 Å². The monoisotopic (exact) mass is 344 g/mol. The highest BCUT2D eigenvalue weighted by atomic mass is 32.1. The van der Waals surface area contributed by atoms with Gasteiger partial charge in [-0.1, -0.05) is 0 Å². The van der Waals surface area contributed by atoms with Crippen molar-refractivity contribution in [3.63, 3.8) is 0 Å². The van der Waals surface area contributed by atoms with Gasteiger partial charge in [0.2, 0.25) is 5.91 Å². The molecule has 1 aliphatic rings. The number of hydrogen-bond acceptors (Lipinski definition) is 5. The Morgan fingerprint density at radius 3 is 2.96 bits per heavy atom. The first-order chi connectivity index (χ1) is 11.7.